The molecule has 1 heterocycles. The number of thioether (sulfide) groups is 1. The molecule has 0 saturated carbocycles. The van der Waals surface area contributed by atoms with Gasteiger partial charge in [-0.05, 0) is 32.3 Å². The summed E-state index contributed by atoms with van der Waals surface area (Å²) >= 11 is 1.75. The maximum atomic E-state index is 5.63. The van der Waals surface area contributed by atoms with Gasteiger partial charge in [0.25, 0.3) is 0 Å². The first-order chi connectivity index (χ1) is 5.20. The Morgan fingerprint density at radius 1 is 1.36 bits per heavy atom. The molecule has 2 atom stereocenters. The van der Waals surface area contributed by atoms with E-state index < -0.39 is 0 Å². The number of rotatable bonds is 0. The number of hydrogen-bond acceptors (Lipinski definition) is 3. The third-order valence-electron chi connectivity index (χ3n) is 1.70. The summed E-state index contributed by atoms with van der Waals surface area (Å²) in [7, 11) is 0. The summed E-state index contributed by atoms with van der Waals surface area (Å²) in [6, 6.07) is 1.10. The minimum Gasteiger partial charge on any atom is -0.327 e. The molecule has 11 heavy (non-hydrogen) atoms. The summed E-state index contributed by atoms with van der Waals surface area (Å²) in [5.74, 6) is 0. The van der Waals surface area contributed by atoms with E-state index >= 15 is 0 Å². The Labute approximate surface area is 74.3 Å². The summed E-state index contributed by atoms with van der Waals surface area (Å²) < 4.78 is 0. The largest absolute Gasteiger partial charge is 0.327 e. The molecule has 3 N–H and O–H groups in total. The summed E-state index contributed by atoms with van der Waals surface area (Å²) in [5, 5.41) is 3.31. The van der Waals surface area contributed by atoms with Crippen LogP contribution in [0.5, 0.6) is 0 Å². The van der Waals surface area contributed by atoms with Crippen molar-refractivity contribution in [3.63, 3.8) is 0 Å². The molecule has 1 aliphatic rings. The lowest BCUT2D eigenvalue weighted by molar-refractivity contribution is 0.384. The molecule has 0 aliphatic carbocycles. The van der Waals surface area contributed by atoms with E-state index in [0.717, 1.165) is 6.54 Å². The summed E-state index contributed by atoms with van der Waals surface area (Å²) in [4.78, 5) is 0. The van der Waals surface area contributed by atoms with Crippen LogP contribution in [-0.4, -0.2) is 31.1 Å². The van der Waals surface area contributed by atoms with E-state index in [1.165, 1.54) is 12.8 Å². The van der Waals surface area contributed by atoms with Crippen LogP contribution in [0.4, 0.5) is 0 Å². The fraction of sp³-hybridized carbons (Fsp3) is 1.00. The lowest BCUT2D eigenvalue weighted by Gasteiger charge is -2.24. The van der Waals surface area contributed by atoms with Gasteiger partial charge in [0.05, 0.1) is 0 Å². The Balaban J connectivity index is 0.000000292. The van der Waals surface area contributed by atoms with Crippen molar-refractivity contribution in [3.8, 4) is 0 Å². The fourth-order valence-electron chi connectivity index (χ4n) is 1.02. The van der Waals surface area contributed by atoms with Gasteiger partial charge in [0.1, 0.15) is 0 Å². The average Bonchev–Trinajstić information content (AvgIpc) is 1.97. The lowest BCUT2D eigenvalue weighted by Crippen LogP contribution is -2.43. The Morgan fingerprint density at radius 2 is 1.91 bits per heavy atom. The molecule has 2 unspecified atom stereocenters. The highest BCUT2D eigenvalue weighted by Crippen LogP contribution is 2.04. The van der Waals surface area contributed by atoms with Crippen molar-refractivity contribution in [1.29, 1.82) is 0 Å². The van der Waals surface area contributed by atoms with Crippen molar-refractivity contribution >= 4 is 11.8 Å². The van der Waals surface area contributed by atoms with Crippen molar-refractivity contribution in [1.82, 2.24) is 5.32 Å². The molecule has 3 heteroatoms. The summed E-state index contributed by atoms with van der Waals surface area (Å²) in [5.41, 5.74) is 5.63. The molecule has 0 aromatic carbocycles. The maximum Gasteiger partial charge on any atom is 0.0165 e. The van der Waals surface area contributed by atoms with Crippen LogP contribution in [0.25, 0.3) is 0 Å². The molecule has 0 amide bonds. The minimum absolute atomic E-state index is 0.409. The molecule has 1 saturated heterocycles. The van der Waals surface area contributed by atoms with E-state index in [-0.39, 0.29) is 0 Å². The topological polar surface area (TPSA) is 38.0 Å². The maximum absolute atomic E-state index is 5.63. The minimum atomic E-state index is 0.409. The smallest absolute Gasteiger partial charge is 0.0165 e. The first-order valence-corrected chi connectivity index (χ1v) is 5.73. The first-order valence-electron chi connectivity index (χ1n) is 4.09. The van der Waals surface area contributed by atoms with Gasteiger partial charge >= 0.3 is 0 Å². The zero-order chi connectivity index (χ0) is 8.69. The molecular formula is C8H20N2S. The van der Waals surface area contributed by atoms with Gasteiger partial charge < -0.3 is 11.1 Å². The van der Waals surface area contributed by atoms with E-state index in [9.17, 15) is 0 Å². The molecule has 68 valence electrons. The molecule has 2 nitrogen and oxygen atoms in total. The van der Waals surface area contributed by atoms with Crippen molar-refractivity contribution in [2.45, 2.75) is 31.8 Å². The second-order valence-corrected chi connectivity index (χ2v) is 3.87. The predicted molar refractivity (Wildman–Crippen MR) is 54.1 cm³/mol. The molecule has 0 aromatic rings. The van der Waals surface area contributed by atoms with Gasteiger partial charge in [0.15, 0.2) is 0 Å². The van der Waals surface area contributed by atoms with Gasteiger partial charge in [-0.15, -0.1) is 0 Å². The standard InChI is InChI=1S/C6H14N2.C2H6S/c1-5-2-3-6(7)4-8-5;1-3-2/h5-6,8H,2-4,7H2,1H3;1-2H3. The SMILES string of the molecule is CC1CCC(N)CN1.CSC. The second-order valence-electron chi connectivity index (χ2n) is 3.05. The molecule has 0 bridgehead atoms. The lowest BCUT2D eigenvalue weighted by atomic mass is 10.0. The normalized spacial score (nSPS) is 30.5. The van der Waals surface area contributed by atoms with Crippen LogP contribution in [0, 0.1) is 0 Å². The fourth-order valence-corrected chi connectivity index (χ4v) is 1.02. The van der Waals surface area contributed by atoms with Gasteiger partial charge in [0.2, 0.25) is 0 Å². The Bertz CT molecular complexity index is 70.2. The molecule has 1 aliphatic heterocycles. The predicted octanol–water partition coefficient (Wildman–Crippen LogP) is 1.06. The van der Waals surface area contributed by atoms with E-state index in [2.05, 4.69) is 12.2 Å². The summed E-state index contributed by atoms with van der Waals surface area (Å²) in [6.07, 6.45) is 6.51. The third-order valence-corrected chi connectivity index (χ3v) is 1.70. The van der Waals surface area contributed by atoms with Gasteiger partial charge in [-0.25, -0.2) is 0 Å². The Kier molecular flexibility index (Phi) is 7.12. The van der Waals surface area contributed by atoms with E-state index in [1.54, 1.807) is 11.8 Å². The third kappa shape index (κ3) is 6.66. The number of piperidine rings is 1. The molecule has 0 radical (unpaired) electrons. The average molecular weight is 176 g/mol. The van der Waals surface area contributed by atoms with Crippen LogP contribution in [0.1, 0.15) is 19.8 Å². The Hall–Kier alpha value is 0.270. The van der Waals surface area contributed by atoms with Gasteiger partial charge in [-0.1, -0.05) is 0 Å². The first kappa shape index (κ1) is 11.3. The van der Waals surface area contributed by atoms with E-state index in [0.29, 0.717) is 12.1 Å². The van der Waals surface area contributed by atoms with Crippen LogP contribution in [0.15, 0.2) is 0 Å². The van der Waals surface area contributed by atoms with Crippen LogP contribution >= 0.6 is 11.8 Å². The molecular weight excluding hydrogens is 156 g/mol. The summed E-state index contributed by atoms with van der Waals surface area (Å²) in [6.45, 7) is 3.20. The zero-order valence-corrected chi connectivity index (χ0v) is 8.58. The van der Waals surface area contributed by atoms with Gasteiger partial charge in [-0.2, -0.15) is 11.8 Å². The van der Waals surface area contributed by atoms with Gasteiger partial charge in [-0.3, -0.25) is 0 Å². The number of nitrogens with two attached hydrogens (primary N) is 1. The quantitative estimate of drug-likeness (QED) is 0.580. The van der Waals surface area contributed by atoms with Crippen LogP contribution in [0.3, 0.4) is 0 Å². The highest BCUT2D eigenvalue weighted by molar-refractivity contribution is 7.97. The van der Waals surface area contributed by atoms with Crippen molar-refractivity contribution in [2.75, 3.05) is 19.1 Å². The van der Waals surface area contributed by atoms with E-state index in [1.807, 2.05) is 12.5 Å². The van der Waals surface area contributed by atoms with Gasteiger partial charge in [0, 0.05) is 18.6 Å². The molecule has 0 aromatic heterocycles. The van der Waals surface area contributed by atoms with Crippen LogP contribution in [0.2, 0.25) is 0 Å². The van der Waals surface area contributed by atoms with Crippen LogP contribution in [-0.2, 0) is 0 Å². The highest BCUT2D eigenvalue weighted by Gasteiger charge is 2.12. The molecule has 1 fully saturated rings. The van der Waals surface area contributed by atoms with Crippen molar-refractivity contribution in [3.05, 3.63) is 0 Å². The van der Waals surface area contributed by atoms with Crippen molar-refractivity contribution < 1.29 is 0 Å². The van der Waals surface area contributed by atoms with E-state index in [4.69, 9.17) is 5.73 Å². The highest BCUT2D eigenvalue weighted by atomic mass is 32.2. The molecule has 1 rings (SSSR count). The second kappa shape index (κ2) is 6.95. The van der Waals surface area contributed by atoms with Crippen molar-refractivity contribution in [2.24, 2.45) is 5.73 Å². The monoisotopic (exact) mass is 176 g/mol. The number of hydrogen-bond donors (Lipinski definition) is 2. The zero-order valence-electron chi connectivity index (χ0n) is 7.76. The number of nitrogens with one attached hydrogen (secondary N) is 1. The molecule has 0 spiro atoms. The Morgan fingerprint density at radius 3 is 2.18 bits per heavy atom. The van der Waals surface area contributed by atoms with Crippen LogP contribution < -0.4 is 11.1 Å².